The Morgan fingerprint density at radius 3 is 2.83 bits per heavy atom. The number of rotatable bonds is 4. The van der Waals surface area contributed by atoms with E-state index in [1.807, 2.05) is 0 Å². The first-order valence-electron chi connectivity index (χ1n) is 11.3. The number of piperidine rings is 1. The maximum Gasteiger partial charge on any atom is 0.143 e. The van der Waals surface area contributed by atoms with Crippen molar-refractivity contribution in [1.29, 1.82) is 0 Å². The van der Waals surface area contributed by atoms with Crippen molar-refractivity contribution in [2.45, 2.75) is 70.1 Å². The number of hydrogen-bond donors (Lipinski definition) is 2. The molecule has 1 spiro atoms. The van der Waals surface area contributed by atoms with Crippen molar-refractivity contribution in [2.75, 3.05) is 29.9 Å². The Morgan fingerprint density at radius 1 is 1.27 bits per heavy atom. The summed E-state index contributed by atoms with van der Waals surface area (Å²) in [6, 6.07) is 7.12. The Balaban J connectivity index is 1.40. The number of benzene rings is 1. The third-order valence-corrected chi connectivity index (χ3v) is 7.26. The van der Waals surface area contributed by atoms with Crippen molar-refractivity contribution in [3.05, 3.63) is 46.9 Å². The van der Waals surface area contributed by atoms with Crippen molar-refractivity contribution >= 4 is 11.5 Å². The molecule has 3 aliphatic rings. The molecule has 2 N–H and O–H groups in total. The Kier molecular flexibility index (Phi) is 4.92. The molecule has 3 heterocycles. The molecule has 0 bridgehead atoms. The van der Waals surface area contributed by atoms with Gasteiger partial charge in [-0.3, -0.25) is 0 Å². The van der Waals surface area contributed by atoms with Gasteiger partial charge >= 0.3 is 0 Å². The van der Waals surface area contributed by atoms with E-state index in [0.29, 0.717) is 18.2 Å². The van der Waals surface area contributed by atoms with Gasteiger partial charge in [-0.2, -0.15) is 0 Å². The van der Waals surface area contributed by atoms with Gasteiger partial charge in [0.05, 0.1) is 5.69 Å². The van der Waals surface area contributed by atoms with Gasteiger partial charge in [0.15, 0.2) is 0 Å². The van der Waals surface area contributed by atoms with Crippen LogP contribution in [0.2, 0.25) is 0 Å². The second-order valence-corrected chi connectivity index (χ2v) is 9.60. The Morgan fingerprint density at radius 2 is 2.07 bits per heavy atom. The van der Waals surface area contributed by atoms with Crippen LogP contribution in [-0.4, -0.2) is 35.6 Å². The summed E-state index contributed by atoms with van der Waals surface area (Å²) < 4.78 is 14.4. The standard InChI is InChI=1S/C24H32FN5/c1-15(2)26-12-17-5-4-6-19-21(17)24(13-27-19)7-9-30(10-8-24)23-20-16(3)11-18(25)22(20)28-14-29-23/h4-6,14-16,18,26-27H,7-13H2,1-3H3/t16-,18+/m1/s1. The van der Waals surface area contributed by atoms with Gasteiger partial charge in [0.2, 0.25) is 0 Å². The molecule has 0 radical (unpaired) electrons. The second-order valence-electron chi connectivity index (χ2n) is 9.60. The number of alkyl halides is 1. The summed E-state index contributed by atoms with van der Waals surface area (Å²) in [5.41, 5.74) is 6.03. The zero-order chi connectivity index (χ0) is 20.9. The minimum absolute atomic E-state index is 0.172. The van der Waals surface area contributed by atoms with Gasteiger partial charge in [0.25, 0.3) is 0 Å². The molecule has 6 heteroatoms. The zero-order valence-electron chi connectivity index (χ0n) is 18.2. The number of hydrogen-bond acceptors (Lipinski definition) is 5. The molecule has 1 aromatic carbocycles. The topological polar surface area (TPSA) is 53.1 Å². The first-order chi connectivity index (χ1) is 14.5. The van der Waals surface area contributed by atoms with Crippen LogP contribution in [0.4, 0.5) is 15.9 Å². The average Bonchev–Trinajstić information content (AvgIpc) is 3.25. The lowest BCUT2D eigenvalue weighted by atomic mass is 9.72. The summed E-state index contributed by atoms with van der Waals surface area (Å²) in [4.78, 5) is 11.2. The third kappa shape index (κ3) is 3.16. The van der Waals surface area contributed by atoms with Crippen LogP contribution in [0.25, 0.3) is 0 Å². The molecule has 2 aliphatic heterocycles. The number of aromatic nitrogens is 2. The highest BCUT2D eigenvalue weighted by Gasteiger charge is 2.44. The van der Waals surface area contributed by atoms with Crippen LogP contribution in [-0.2, 0) is 12.0 Å². The van der Waals surface area contributed by atoms with E-state index in [-0.39, 0.29) is 11.3 Å². The van der Waals surface area contributed by atoms with Crippen LogP contribution in [0.5, 0.6) is 0 Å². The lowest BCUT2D eigenvalue weighted by molar-refractivity contribution is 0.326. The molecule has 2 atom stereocenters. The monoisotopic (exact) mass is 409 g/mol. The summed E-state index contributed by atoms with van der Waals surface area (Å²) in [5.74, 6) is 1.15. The zero-order valence-corrected chi connectivity index (χ0v) is 18.2. The molecule has 30 heavy (non-hydrogen) atoms. The van der Waals surface area contributed by atoms with Gasteiger partial charge in [0, 0.05) is 48.9 Å². The predicted molar refractivity (Wildman–Crippen MR) is 119 cm³/mol. The summed E-state index contributed by atoms with van der Waals surface area (Å²) in [5, 5.41) is 7.27. The summed E-state index contributed by atoms with van der Waals surface area (Å²) in [6.45, 7) is 10.3. The largest absolute Gasteiger partial charge is 0.384 e. The fraction of sp³-hybridized carbons (Fsp3) is 0.583. The second kappa shape index (κ2) is 7.49. The molecule has 5 nitrogen and oxygen atoms in total. The minimum atomic E-state index is -0.949. The van der Waals surface area contributed by atoms with Crippen molar-refractivity contribution in [1.82, 2.24) is 15.3 Å². The smallest absolute Gasteiger partial charge is 0.143 e. The average molecular weight is 410 g/mol. The molecule has 0 amide bonds. The molecule has 1 aliphatic carbocycles. The molecule has 1 fully saturated rings. The highest BCUT2D eigenvalue weighted by molar-refractivity contribution is 5.64. The van der Waals surface area contributed by atoms with E-state index in [2.05, 4.69) is 64.5 Å². The van der Waals surface area contributed by atoms with Crippen LogP contribution in [0.15, 0.2) is 24.5 Å². The molecule has 2 aromatic rings. The van der Waals surface area contributed by atoms with E-state index in [1.165, 1.54) is 16.8 Å². The van der Waals surface area contributed by atoms with E-state index in [1.54, 1.807) is 6.33 Å². The van der Waals surface area contributed by atoms with Gasteiger partial charge in [-0.05, 0) is 42.4 Å². The Hall–Kier alpha value is -2.21. The number of nitrogens with one attached hydrogen (secondary N) is 2. The fourth-order valence-electron chi connectivity index (χ4n) is 5.67. The van der Waals surface area contributed by atoms with Gasteiger partial charge in [0.1, 0.15) is 18.3 Å². The van der Waals surface area contributed by atoms with Crippen molar-refractivity contribution < 1.29 is 4.39 Å². The lowest BCUT2D eigenvalue weighted by Crippen LogP contribution is -2.45. The van der Waals surface area contributed by atoms with Crippen molar-refractivity contribution in [2.24, 2.45) is 0 Å². The molecule has 5 rings (SSSR count). The van der Waals surface area contributed by atoms with Crippen molar-refractivity contribution in [3.63, 3.8) is 0 Å². The Labute approximate surface area is 178 Å². The van der Waals surface area contributed by atoms with Crippen LogP contribution in [0.3, 0.4) is 0 Å². The van der Waals surface area contributed by atoms with E-state index in [0.717, 1.165) is 50.4 Å². The van der Waals surface area contributed by atoms with Crippen LogP contribution < -0.4 is 15.5 Å². The number of fused-ring (bicyclic) bond motifs is 3. The highest BCUT2D eigenvalue weighted by atomic mass is 19.1. The maximum atomic E-state index is 14.4. The summed E-state index contributed by atoms with van der Waals surface area (Å²) >= 11 is 0. The lowest BCUT2D eigenvalue weighted by Gasteiger charge is -2.41. The van der Waals surface area contributed by atoms with Crippen LogP contribution in [0.1, 0.15) is 74.5 Å². The molecular formula is C24H32FN5. The van der Waals surface area contributed by atoms with E-state index in [9.17, 15) is 4.39 Å². The third-order valence-electron chi connectivity index (χ3n) is 7.26. The molecule has 160 valence electrons. The van der Waals surface area contributed by atoms with Gasteiger partial charge in [-0.1, -0.05) is 32.9 Å². The van der Waals surface area contributed by atoms with E-state index in [4.69, 9.17) is 0 Å². The van der Waals surface area contributed by atoms with Crippen LogP contribution >= 0.6 is 0 Å². The molecule has 1 aromatic heterocycles. The highest BCUT2D eigenvalue weighted by Crippen LogP contribution is 2.48. The molecule has 0 unspecified atom stereocenters. The fourth-order valence-corrected chi connectivity index (χ4v) is 5.67. The first kappa shape index (κ1) is 19.7. The minimum Gasteiger partial charge on any atom is -0.384 e. The van der Waals surface area contributed by atoms with Gasteiger partial charge < -0.3 is 15.5 Å². The Bertz CT molecular complexity index is 935. The summed E-state index contributed by atoms with van der Waals surface area (Å²) in [7, 11) is 0. The molecule has 0 saturated carbocycles. The maximum absolute atomic E-state index is 14.4. The van der Waals surface area contributed by atoms with E-state index < -0.39 is 6.17 Å². The SMILES string of the molecule is CC(C)NCc1cccc2c1C1(CCN(c3ncnc4c3[C@H](C)C[C@@H]4F)CC1)CN2. The quantitative estimate of drug-likeness (QED) is 0.781. The number of anilines is 2. The molecule has 1 saturated heterocycles. The predicted octanol–water partition coefficient (Wildman–Crippen LogP) is 4.46. The molecular weight excluding hydrogens is 377 g/mol. The van der Waals surface area contributed by atoms with Gasteiger partial charge in [-0.15, -0.1) is 0 Å². The summed E-state index contributed by atoms with van der Waals surface area (Å²) in [6.07, 6.45) is 3.29. The van der Waals surface area contributed by atoms with Gasteiger partial charge in [-0.25, -0.2) is 14.4 Å². The first-order valence-corrected chi connectivity index (χ1v) is 11.3. The number of nitrogens with zero attached hydrogens (tertiary/aromatic N) is 3. The van der Waals surface area contributed by atoms with Crippen LogP contribution in [0, 0.1) is 0 Å². The van der Waals surface area contributed by atoms with Crippen molar-refractivity contribution in [3.8, 4) is 0 Å². The number of halogens is 1. The van der Waals surface area contributed by atoms with E-state index >= 15 is 0 Å². The normalized spacial score (nSPS) is 24.2.